The van der Waals surface area contributed by atoms with E-state index in [1.165, 1.54) is 0 Å². The number of ether oxygens (including phenoxy) is 3. The van der Waals surface area contributed by atoms with Crippen LogP contribution < -0.4 is 9.47 Å². The average molecular weight is 362 g/mol. The molecule has 0 N–H and O–H groups in total. The first-order valence-electron chi connectivity index (χ1n) is 9.41. The molecule has 6 nitrogen and oxygen atoms in total. The lowest BCUT2D eigenvalue weighted by atomic mass is 10.0. The molecular weight excluding hydrogens is 332 g/mol. The second-order valence-corrected chi connectivity index (χ2v) is 7.29. The minimum atomic E-state index is 0.0931. The van der Waals surface area contributed by atoms with Gasteiger partial charge < -0.3 is 19.1 Å². The summed E-state index contributed by atoms with van der Waals surface area (Å²) in [5, 5.41) is 0. The first-order valence-corrected chi connectivity index (χ1v) is 9.41. The maximum Gasteiger partial charge on any atom is 0.236 e. The molecule has 2 aliphatic rings. The molecule has 2 fully saturated rings. The van der Waals surface area contributed by atoms with Gasteiger partial charge in [-0.05, 0) is 51.4 Å². The molecule has 1 aromatic carbocycles. The Kier molecular flexibility index (Phi) is 6.04. The highest BCUT2D eigenvalue weighted by atomic mass is 16.5. The van der Waals surface area contributed by atoms with Crippen molar-refractivity contribution in [3.8, 4) is 11.5 Å². The van der Waals surface area contributed by atoms with E-state index in [0.717, 1.165) is 36.4 Å². The number of carbonyl (C=O) groups excluding carboxylic acids is 1. The number of amides is 1. The highest BCUT2D eigenvalue weighted by Gasteiger charge is 2.33. The second-order valence-electron chi connectivity index (χ2n) is 7.29. The summed E-state index contributed by atoms with van der Waals surface area (Å²) in [6, 6.07) is 6.06. The van der Waals surface area contributed by atoms with Crippen molar-refractivity contribution in [1.29, 1.82) is 0 Å². The average Bonchev–Trinajstić information content (AvgIpc) is 3.08. The minimum absolute atomic E-state index is 0.0931. The number of likely N-dealkylation sites (tertiary alicyclic amines) is 1. The van der Waals surface area contributed by atoms with Crippen LogP contribution in [0.4, 0.5) is 0 Å². The molecule has 2 heterocycles. The topological polar surface area (TPSA) is 51.2 Å². The van der Waals surface area contributed by atoms with Crippen LogP contribution in [0.1, 0.15) is 38.3 Å². The van der Waals surface area contributed by atoms with Crippen LogP contribution in [0, 0.1) is 0 Å². The van der Waals surface area contributed by atoms with Gasteiger partial charge in [0.25, 0.3) is 0 Å². The standard InChI is InChI=1S/C20H30N2O4/c1-14-11-22(12-15(2)26-14)20(23)13-21-9-5-6-18(21)17-10-16(24-3)7-8-19(17)25-4/h7-8,10,14-15,18H,5-6,9,11-13H2,1-4H3. The van der Waals surface area contributed by atoms with Crippen molar-refractivity contribution in [3.63, 3.8) is 0 Å². The Bertz CT molecular complexity index is 626. The van der Waals surface area contributed by atoms with Gasteiger partial charge >= 0.3 is 0 Å². The fourth-order valence-corrected chi connectivity index (χ4v) is 4.12. The van der Waals surface area contributed by atoms with E-state index in [-0.39, 0.29) is 24.2 Å². The van der Waals surface area contributed by atoms with Gasteiger partial charge in [-0.2, -0.15) is 0 Å². The van der Waals surface area contributed by atoms with Crippen molar-refractivity contribution in [2.75, 3.05) is 40.4 Å². The molecule has 2 saturated heterocycles. The molecule has 0 radical (unpaired) electrons. The summed E-state index contributed by atoms with van der Waals surface area (Å²) in [6.07, 6.45) is 2.28. The van der Waals surface area contributed by atoms with Crippen LogP contribution >= 0.6 is 0 Å². The number of carbonyl (C=O) groups is 1. The molecule has 2 aliphatic heterocycles. The van der Waals surface area contributed by atoms with Crippen LogP contribution in [0.15, 0.2) is 18.2 Å². The van der Waals surface area contributed by atoms with Gasteiger partial charge in [-0.25, -0.2) is 0 Å². The zero-order chi connectivity index (χ0) is 18.7. The van der Waals surface area contributed by atoms with Crippen LogP contribution in [0.2, 0.25) is 0 Å². The number of nitrogens with zero attached hydrogens (tertiary/aromatic N) is 2. The van der Waals surface area contributed by atoms with Gasteiger partial charge in [0.05, 0.1) is 33.0 Å². The van der Waals surface area contributed by atoms with E-state index in [1.54, 1.807) is 14.2 Å². The predicted molar refractivity (Wildman–Crippen MR) is 99.7 cm³/mol. The molecular formula is C20H30N2O4. The van der Waals surface area contributed by atoms with Crippen LogP contribution in [0.5, 0.6) is 11.5 Å². The maximum absolute atomic E-state index is 12.9. The molecule has 26 heavy (non-hydrogen) atoms. The Balaban J connectivity index is 1.73. The first-order chi connectivity index (χ1) is 12.5. The number of hydrogen-bond donors (Lipinski definition) is 0. The number of morpholine rings is 1. The zero-order valence-electron chi connectivity index (χ0n) is 16.2. The van der Waals surface area contributed by atoms with Crippen molar-refractivity contribution < 1.29 is 19.0 Å². The van der Waals surface area contributed by atoms with E-state index in [9.17, 15) is 4.79 Å². The van der Waals surface area contributed by atoms with E-state index in [0.29, 0.717) is 19.6 Å². The van der Waals surface area contributed by atoms with E-state index < -0.39 is 0 Å². The number of hydrogen-bond acceptors (Lipinski definition) is 5. The van der Waals surface area contributed by atoms with Crippen LogP contribution in [-0.2, 0) is 9.53 Å². The molecule has 3 atom stereocenters. The molecule has 0 bridgehead atoms. The van der Waals surface area contributed by atoms with Crippen LogP contribution in [-0.4, -0.2) is 68.3 Å². The van der Waals surface area contributed by atoms with Crippen molar-refractivity contribution in [2.24, 2.45) is 0 Å². The number of benzene rings is 1. The van der Waals surface area contributed by atoms with Gasteiger partial charge in [-0.1, -0.05) is 0 Å². The lowest BCUT2D eigenvalue weighted by Gasteiger charge is -2.36. The van der Waals surface area contributed by atoms with Gasteiger partial charge in [-0.15, -0.1) is 0 Å². The third-order valence-corrected chi connectivity index (χ3v) is 5.27. The number of rotatable bonds is 5. The van der Waals surface area contributed by atoms with E-state index in [1.807, 2.05) is 36.9 Å². The van der Waals surface area contributed by atoms with Crippen LogP contribution in [0.3, 0.4) is 0 Å². The highest BCUT2D eigenvalue weighted by Crippen LogP contribution is 2.38. The maximum atomic E-state index is 12.9. The Labute approximate surface area is 156 Å². The largest absolute Gasteiger partial charge is 0.497 e. The Morgan fingerprint density at radius 3 is 2.58 bits per heavy atom. The summed E-state index contributed by atoms with van der Waals surface area (Å²) in [5.41, 5.74) is 1.10. The van der Waals surface area contributed by atoms with Crippen molar-refractivity contribution >= 4 is 5.91 Å². The fourth-order valence-electron chi connectivity index (χ4n) is 4.12. The Morgan fingerprint density at radius 1 is 1.19 bits per heavy atom. The zero-order valence-corrected chi connectivity index (χ0v) is 16.2. The summed E-state index contributed by atoms with van der Waals surface area (Å²) >= 11 is 0. The van der Waals surface area contributed by atoms with Gasteiger partial charge in [0.1, 0.15) is 11.5 Å². The Hall–Kier alpha value is -1.79. The Morgan fingerprint density at radius 2 is 1.92 bits per heavy atom. The van der Waals surface area contributed by atoms with Crippen molar-refractivity contribution in [3.05, 3.63) is 23.8 Å². The van der Waals surface area contributed by atoms with Gasteiger partial charge in [0.2, 0.25) is 5.91 Å². The summed E-state index contributed by atoms with van der Waals surface area (Å²) in [5.74, 6) is 1.85. The number of methoxy groups -OCH3 is 2. The molecule has 3 rings (SSSR count). The normalized spacial score (nSPS) is 26.8. The van der Waals surface area contributed by atoms with Crippen molar-refractivity contribution in [1.82, 2.24) is 9.80 Å². The lowest BCUT2D eigenvalue weighted by molar-refractivity contribution is -0.144. The molecule has 0 saturated carbocycles. The van der Waals surface area contributed by atoms with Crippen LogP contribution in [0.25, 0.3) is 0 Å². The highest BCUT2D eigenvalue weighted by molar-refractivity contribution is 5.78. The SMILES string of the molecule is COc1ccc(OC)c(C2CCCN2CC(=O)N2CC(C)OC(C)C2)c1. The third kappa shape index (κ3) is 4.13. The van der Waals surface area contributed by atoms with E-state index in [2.05, 4.69) is 4.90 Å². The summed E-state index contributed by atoms with van der Waals surface area (Å²) in [6.45, 7) is 6.75. The monoisotopic (exact) mass is 362 g/mol. The predicted octanol–water partition coefficient (Wildman–Crippen LogP) is 2.48. The smallest absolute Gasteiger partial charge is 0.236 e. The fraction of sp³-hybridized carbons (Fsp3) is 0.650. The lowest BCUT2D eigenvalue weighted by Crippen LogP contribution is -2.51. The van der Waals surface area contributed by atoms with Gasteiger partial charge in [-0.3, -0.25) is 9.69 Å². The van der Waals surface area contributed by atoms with E-state index in [4.69, 9.17) is 14.2 Å². The summed E-state index contributed by atoms with van der Waals surface area (Å²) < 4.78 is 16.7. The molecule has 6 heteroatoms. The summed E-state index contributed by atoms with van der Waals surface area (Å²) in [4.78, 5) is 17.1. The van der Waals surface area contributed by atoms with E-state index >= 15 is 0 Å². The van der Waals surface area contributed by atoms with Gasteiger partial charge in [0.15, 0.2) is 0 Å². The molecule has 1 aromatic rings. The van der Waals surface area contributed by atoms with Crippen molar-refractivity contribution in [2.45, 2.75) is 44.9 Å². The quantitative estimate of drug-likeness (QED) is 0.805. The summed E-state index contributed by atoms with van der Waals surface area (Å²) in [7, 11) is 3.36. The third-order valence-electron chi connectivity index (χ3n) is 5.27. The molecule has 0 spiro atoms. The molecule has 0 aliphatic carbocycles. The van der Waals surface area contributed by atoms with Gasteiger partial charge in [0, 0.05) is 24.7 Å². The second kappa shape index (κ2) is 8.27. The minimum Gasteiger partial charge on any atom is -0.497 e. The first kappa shape index (κ1) is 19.0. The molecule has 3 unspecified atom stereocenters. The molecule has 144 valence electrons. The molecule has 0 aromatic heterocycles. The molecule has 1 amide bonds.